The van der Waals surface area contributed by atoms with Crippen LogP contribution >= 0.6 is 0 Å². The van der Waals surface area contributed by atoms with E-state index < -0.39 is 11.6 Å². The zero-order valence-electron chi connectivity index (χ0n) is 10.3. The maximum atomic E-state index is 13.6. The van der Waals surface area contributed by atoms with E-state index in [0.717, 1.165) is 5.56 Å². The van der Waals surface area contributed by atoms with Gasteiger partial charge in [0.2, 0.25) is 5.82 Å². The molecule has 1 fully saturated rings. The number of alkyl halides is 1. The Morgan fingerprint density at radius 3 is 2.94 bits per heavy atom. The summed E-state index contributed by atoms with van der Waals surface area (Å²) in [6.45, 7) is 3.29. The first-order valence-electron chi connectivity index (χ1n) is 5.76. The fraction of sp³-hybridized carbons (Fsp3) is 0.583. The summed E-state index contributed by atoms with van der Waals surface area (Å²) in [5, 5.41) is 8.86. The molecule has 98 valence electrons. The summed E-state index contributed by atoms with van der Waals surface area (Å²) in [5.41, 5.74) is -0.0158. The topological polar surface area (TPSA) is 72.3 Å². The Bertz CT molecular complexity index is 466. The molecule has 0 aromatic carbocycles. The first-order valence-corrected chi connectivity index (χ1v) is 5.76. The van der Waals surface area contributed by atoms with E-state index in [2.05, 4.69) is 9.97 Å². The van der Waals surface area contributed by atoms with Crippen molar-refractivity contribution < 1.29 is 19.0 Å². The largest absolute Gasteiger partial charge is 0.475 e. The van der Waals surface area contributed by atoms with Crippen molar-refractivity contribution in [3.63, 3.8) is 0 Å². The molecule has 2 atom stereocenters. The van der Waals surface area contributed by atoms with Gasteiger partial charge in [-0.2, -0.15) is 0 Å². The normalized spacial score (nSPS) is 28.1. The number of aromatic nitrogens is 2. The Balaban J connectivity index is 2.23. The van der Waals surface area contributed by atoms with E-state index >= 15 is 0 Å². The van der Waals surface area contributed by atoms with Gasteiger partial charge in [0.05, 0.1) is 12.3 Å². The molecule has 18 heavy (non-hydrogen) atoms. The second-order valence-corrected chi connectivity index (χ2v) is 4.82. The zero-order valence-corrected chi connectivity index (χ0v) is 10.3. The lowest BCUT2D eigenvalue weighted by Crippen LogP contribution is -2.32. The van der Waals surface area contributed by atoms with E-state index in [1.165, 1.54) is 13.1 Å². The van der Waals surface area contributed by atoms with Crippen molar-refractivity contribution in [2.24, 2.45) is 0 Å². The molecule has 0 radical (unpaired) electrons. The van der Waals surface area contributed by atoms with Crippen LogP contribution in [-0.2, 0) is 4.74 Å². The number of rotatable bonds is 2. The minimum Gasteiger partial charge on any atom is -0.475 e. The van der Waals surface area contributed by atoms with E-state index in [0.29, 0.717) is 18.5 Å². The van der Waals surface area contributed by atoms with E-state index in [1.807, 2.05) is 0 Å². The minimum absolute atomic E-state index is 0.00349. The molecule has 1 aromatic rings. The van der Waals surface area contributed by atoms with E-state index in [9.17, 15) is 9.18 Å². The van der Waals surface area contributed by atoms with Crippen LogP contribution in [0.25, 0.3) is 0 Å². The van der Waals surface area contributed by atoms with Crippen molar-refractivity contribution in [2.45, 2.75) is 38.5 Å². The van der Waals surface area contributed by atoms with Crippen molar-refractivity contribution in [1.82, 2.24) is 9.97 Å². The van der Waals surface area contributed by atoms with Gasteiger partial charge in [0.15, 0.2) is 0 Å². The summed E-state index contributed by atoms with van der Waals surface area (Å²) in [7, 11) is 0. The van der Waals surface area contributed by atoms with Gasteiger partial charge in [0.1, 0.15) is 11.8 Å². The molecule has 0 spiro atoms. The minimum atomic E-state index is -1.31. The number of nitrogens with zero attached hydrogens (tertiary/aromatic N) is 2. The molecule has 2 heterocycles. The average molecular weight is 254 g/mol. The van der Waals surface area contributed by atoms with Gasteiger partial charge in [0, 0.05) is 6.20 Å². The van der Waals surface area contributed by atoms with Gasteiger partial charge in [-0.1, -0.05) is 0 Å². The number of ether oxygens (including phenoxy) is 1. The van der Waals surface area contributed by atoms with Gasteiger partial charge < -0.3 is 9.84 Å². The van der Waals surface area contributed by atoms with Crippen molar-refractivity contribution in [3.05, 3.63) is 23.3 Å². The second kappa shape index (κ2) is 4.61. The van der Waals surface area contributed by atoms with E-state index in [-0.39, 0.29) is 18.5 Å². The molecular formula is C12H15FN2O3. The summed E-state index contributed by atoms with van der Waals surface area (Å²) in [6, 6.07) is 0. The maximum absolute atomic E-state index is 13.6. The number of aromatic carboxylic acids is 1. The van der Waals surface area contributed by atoms with Gasteiger partial charge in [-0.3, -0.25) is 0 Å². The Labute approximate surface area is 104 Å². The third kappa shape index (κ3) is 2.64. The zero-order chi connectivity index (χ0) is 13.3. The van der Waals surface area contributed by atoms with Crippen LogP contribution in [0.15, 0.2) is 6.20 Å². The molecule has 1 saturated heterocycles. The predicted octanol–water partition coefficient (Wildman–Crippen LogP) is 2.06. The first-order chi connectivity index (χ1) is 8.39. The van der Waals surface area contributed by atoms with Crippen LogP contribution in [0.2, 0.25) is 0 Å². The predicted molar refractivity (Wildman–Crippen MR) is 61.2 cm³/mol. The molecule has 2 rings (SSSR count). The first kappa shape index (κ1) is 12.9. The van der Waals surface area contributed by atoms with Gasteiger partial charge >= 0.3 is 5.97 Å². The molecule has 0 saturated carbocycles. The fourth-order valence-electron chi connectivity index (χ4n) is 1.96. The van der Waals surface area contributed by atoms with Crippen LogP contribution in [0.4, 0.5) is 4.39 Å². The highest BCUT2D eigenvalue weighted by molar-refractivity contribution is 5.83. The molecule has 1 aliphatic heterocycles. The summed E-state index contributed by atoms with van der Waals surface area (Å²) in [5.74, 6) is -1.44. The van der Waals surface area contributed by atoms with Crippen LogP contribution in [0, 0.1) is 6.92 Å². The smallest absolute Gasteiger partial charge is 0.373 e. The molecule has 1 N–H and O–H groups in total. The van der Waals surface area contributed by atoms with Crippen LogP contribution < -0.4 is 0 Å². The van der Waals surface area contributed by atoms with Crippen molar-refractivity contribution >= 4 is 5.97 Å². The Morgan fingerprint density at radius 1 is 1.67 bits per heavy atom. The summed E-state index contributed by atoms with van der Waals surface area (Å²) in [6.07, 6.45) is 1.97. The third-order valence-corrected chi connectivity index (χ3v) is 3.02. The third-order valence-electron chi connectivity index (χ3n) is 3.02. The Morgan fingerprint density at radius 2 is 2.39 bits per heavy atom. The molecule has 0 bridgehead atoms. The number of halogens is 1. The molecule has 2 unspecified atom stereocenters. The van der Waals surface area contributed by atoms with Gasteiger partial charge in [-0.25, -0.2) is 19.2 Å². The lowest BCUT2D eigenvalue weighted by Gasteiger charge is -2.31. The maximum Gasteiger partial charge on any atom is 0.373 e. The summed E-state index contributed by atoms with van der Waals surface area (Å²) >= 11 is 0. The number of hydrogen-bond donors (Lipinski definition) is 1. The molecule has 0 amide bonds. The van der Waals surface area contributed by atoms with Crippen molar-refractivity contribution in [2.75, 3.05) is 6.61 Å². The highest BCUT2D eigenvalue weighted by Gasteiger charge is 2.33. The lowest BCUT2D eigenvalue weighted by molar-refractivity contribution is -0.0732. The monoisotopic (exact) mass is 254 g/mol. The van der Waals surface area contributed by atoms with Crippen LogP contribution in [0.5, 0.6) is 0 Å². The highest BCUT2D eigenvalue weighted by atomic mass is 19.1. The average Bonchev–Trinajstić information content (AvgIpc) is 2.30. The number of carboxylic acid groups (broad SMARTS) is 1. The number of carboxylic acids is 1. The van der Waals surface area contributed by atoms with Crippen molar-refractivity contribution in [1.29, 1.82) is 0 Å². The standard InChI is InChI=1S/C12H15FN2O3/c1-7-5-14-10(11(16)17)15-9(7)8-3-4-12(2,13)6-18-8/h5,8H,3-4,6H2,1-2H3,(H,16,17). The lowest BCUT2D eigenvalue weighted by atomic mass is 9.95. The Hall–Kier alpha value is -1.56. The highest BCUT2D eigenvalue weighted by Crippen LogP contribution is 2.34. The summed E-state index contributed by atoms with van der Waals surface area (Å²) in [4.78, 5) is 18.5. The molecule has 1 aromatic heterocycles. The molecular weight excluding hydrogens is 239 g/mol. The molecule has 5 nitrogen and oxygen atoms in total. The fourth-order valence-corrected chi connectivity index (χ4v) is 1.96. The van der Waals surface area contributed by atoms with Crippen molar-refractivity contribution in [3.8, 4) is 0 Å². The van der Waals surface area contributed by atoms with Crippen LogP contribution in [-0.4, -0.2) is 33.3 Å². The molecule has 0 aliphatic carbocycles. The molecule has 6 heteroatoms. The summed E-state index contributed by atoms with van der Waals surface area (Å²) < 4.78 is 19.1. The molecule has 1 aliphatic rings. The van der Waals surface area contributed by atoms with E-state index in [4.69, 9.17) is 9.84 Å². The number of aryl methyl sites for hydroxylation is 1. The SMILES string of the molecule is Cc1cnc(C(=O)O)nc1C1CCC(C)(F)CO1. The number of carbonyl (C=O) groups is 1. The second-order valence-electron chi connectivity index (χ2n) is 4.82. The van der Waals surface area contributed by atoms with E-state index in [1.54, 1.807) is 6.92 Å². The van der Waals surface area contributed by atoms with Gasteiger partial charge in [-0.15, -0.1) is 0 Å². The number of hydrogen-bond acceptors (Lipinski definition) is 4. The Kier molecular flexibility index (Phi) is 3.30. The van der Waals surface area contributed by atoms with Gasteiger partial charge in [0.25, 0.3) is 0 Å². The van der Waals surface area contributed by atoms with Crippen LogP contribution in [0.3, 0.4) is 0 Å². The van der Waals surface area contributed by atoms with Crippen LogP contribution in [0.1, 0.15) is 47.7 Å². The van der Waals surface area contributed by atoms with Gasteiger partial charge in [-0.05, 0) is 32.3 Å². The quantitative estimate of drug-likeness (QED) is 0.874.